The smallest absolute Gasteiger partial charge is 0.157 e. The zero-order valence-corrected chi connectivity index (χ0v) is 12.6. The van der Waals surface area contributed by atoms with Gasteiger partial charge in [0, 0.05) is 25.9 Å². The molecule has 0 bridgehead atoms. The summed E-state index contributed by atoms with van der Waals surface area (Å²) in [7, 11) is 1.66. The fraction of sp³-hybridized carbons (Fsp3) is 0.875. The van der Waals surface area contributed by atoms with Crippen molar-refractivity contribution in [3.63, 3.8) is 0 Å². The summed E-state index contributed by atoms with van der Waals surface area (Å²) in [6.07, 6.45) is 8.74. The summed E-state index contributed by atoms with van der Waals surface area (Å²) in [5.41, 5.74) is 0. The van der Waals surface area contributed by atoms with Crippen molar-refractivity contribution in [3.05, 3.63) is 12.2 Å². The summed E-state index contributed by atoms with van der Waals surface area (Å²) in [5.74, 6) is 0.398. The van der Waals surface area contributed by atoms with E-state index in [0.29, 0.717) is 12.3 Å². The SMILES string of the molecule is CCCCC[C@H](O)/C=C/[C@H]1[C@H]2CC(OC)O[C@H]2C[C@H]1O. The first-order valence-electron chi connectivity index (χ1n) is 7.88. The van der Waals surface area contributed by atoms with Gasteiger partial charge in [0.1, 0.15) is 0 Å². The molecular formula is C16H28O4. The van der Waals surface area contributed by atoms with Crippen LogP contribution in [-0.4, -0.2) is 41.9 Å². The summed E-state index contributed by atoms with van der Waals surface area (Å²) in [6, 6.07) is 0. The predicted octanol–water partition coefficient (Wildman–Crippen LogP) is 2.24. The highest BCUT2D eigenvalue weighted by atomic mass is 16.7. The quantitative estimate of drug-likeness (QED) is 0.556. The molecule has 0 amide bonds. The van der Waals surface area contributed by atoms with E-state index in [1.54, 1.807) is 7.11 Å². The largest absolute Gasteiger partial charge is 0.392 e. The molecule has 1 saturated heterocycles. The van der Waals surface area contributed by atoms with E-state index in [4.69, 9.17) is 9.47 Å². The van der Waals surface area contributed by atoms with Gasteiger partial charge < -0.3 is 19.7 Å². The van der Waals surface area contributed by atoms with Crippen molar-refractivity contribution in [2.24, 2.45) is 11.8 Å². The predicted molar refractivity (Wildman–Crippen MR) is 77.2 cm³/mol. The average molecular weight is 284 g/mol. The minimum absolute atomic E-state index is 0.0842. The van der Waals surface area contributed by atoms with E-state index in [0.717, 1.165) is 32.1 Å². The highest BCUT2D eigenvalue weighted by Gasteiger charge is 2.48. The van der Waals surface area contributed by atoms with E-state index in [9.17, 15) is 10.2 Å². The number of aliphatic hydroxyl groups excluding tert-OH is 2. The highest BCUT2D eigenvalue weighted by molar-refractivity contribution is 5.06. The number of aliphatic hydroxyl groups is 2. The van der Waals surface area contributed by atoms with Crippen LogP contribution in [0.15, 0.2) is 12.2 Å². The fourth-order valence-electron chi connectivity index (χ4n) is 3.42. The van der Waals surface area contributed by atoms with Gasteiger partial charge in [-0.05, 0) is 12.3 Å². The Morgan fingerprint density at radius 2 is 2.15 bits per heavy atom. The maximum atomic E-state index is 10.1. The molecule has 2 N–H and O–H groups in total. The normalized spacial score (nSPS) is 38.5. The Bertz CT molecular complexity index is 318. The van der Waals surface area contributed by atoms with Crippen molar-refractivity contribution < 1.29 is 19.7 Å². The van der Waals surface area contributed by atoms with Gasteiger partial charge in [0.15, 0.2) is 6.29 Å². The topological polar surface area (TPSA) is 58.9 Å². The van der Waals surface area contributed by atoms with Crippen LogP contribution >= 0.6 is 0 Å². The molecule has 0 aromatic heterocycles. The second kappa shape index (κ2) is 7.55. The van der Waals surface area contributed by atoms with Crippen LogP contribution in [0.4, 0.5) is 0 Å². The van der Waals surface area contributed by atoms with Crippen molar-refractivity contribution in [1.82, 2.24) is 0 Å². The van der Waals surface area contributed by atoms with Gasteiger partial charge in [0.25, 0.3) is 0 Å². The Balaban J connectivity index is 1.84. The van der Waals surface area contributed by atoms with Gasteiger partial charge in [-0.15, -0.1) is 0 Å². The van der Waals surface area contributed by atoms with Crippen LogP contribution < -0.4 is 0 Å². The van der Waals surface area contributed by atoms with Gasteiger partial charge in [0.2, 0.25) is 0 Å². The molecule has 1 saturated carbocycles. The third-order valence-electron chi connectivity index (χ3n) is 4.60. The van der Waals surface area contributed by atoms with Gasteiger partial charge >= 0.3 is 0 Å². The molecule has 0 spiro atoms. The summed E-state index contributed by atoms with van der Waals surface area (Å²) in [6.45, 7) is 2.16. The van der Waals surface area contributed by atoms with Crippen molar-refractivity contribution >= 4 is 0 Å². The van der Waals surface area contributed by atoms with E-state index in [1.165, 1.54) is 0 Å². The summed E-state index contributed by atoms with van der Waals surface area (Å²) in [5, 5.41) is 20.1. The second-order valence-electron chi connectivity index (χ2n) is 6.07. The van der Waals surface area contributed by atoms with E-state index in [-0.39, 0.29) is 24.4 Å². The molecule has 4 nitrogen and oxygen atoms in total. The molecule has 4 heteroatoms. The minimum atomic E-state index is -0.395. The van der Waals surface area contributed by atoms with Gasteiger partial charge in [-0.25, -0.2) is 0 Å². The lowest BCUT2D eigenvalue weighted by Crippen LogP contribution is -2.19. The number of unbranched alkanes of at least 4 members (excludes halogenated alkanes) is 2. The van der Waals surface area contributed by atoms with E-state index in [1.807, 2.05) is 12.2 Å². The van der Waals surface area contributed by atoms with Gasteiger partial charge in [0.05, 0.1) is 18.3 Å². The molecule has 1 unspecified atom stereocenters. The molecule has 0 radical (unpaired) electrons. The molecule has 1 aliphatic heterocycles. The fourth-order valence-corrected chi connectivity index (χ4v) is 3.42. The zero-order chi connectivity index (χ0) is 14.5. The van der Waals surface area contributed by atoms with Gasteiger partial charge in [-0.1, -0.05) is 38.3 Å². The van der Waals surface area contributed by atoms with Crippen molar-refractivity contribution in [2.75, 3.05) is 7.11 Å². The summed E-state index contributed by atoms with van der Waals surface area (Å²) in [4.78, 5) is 0. The molecule has 20 heavy (non-hydrogen) atoms. The molecule has 0 aromatic rings. The molecule has 1 aliphatic carbocycles. The third kappa shape index (κ3) is 3.82. The van der Waals surface area contributed by atoms with E-state index in [2.05, 4.69) is 6.92 Å². The Morgan fingerprint density at radius 3 is 2.85 bits per heavy atom. The molecule has 2 rings (SSSR count). The third-order valence-corrected chi connectivity index (χ3v) is 4.60. The number of fused-ring (bicyclic) bond motifs is 1. The number of ether oxygens (including phenoxy) is 2. The van der Waals surface area contributed by atoms with Crippen LogP contribution in [0.1, 0.15) is 45.4 Å². The zero-order valence-electron chi connectivity index (χ0n) is 12.6. The Kier molecular flexibility index (Phi) is 6.02. The second-order valence-corrected chi connectivity index (χ2v) is 6.07. The lowest BCUT2D eigenvalue weighted by atomic mass is 9.91. The van der Waals surface area contributed by atoms with Crippen LogP contribution in [0, 0.1) is 11.8 Å². The van der Waals surface area contributed by atoms with Crippen LogP contribution in [-0.2, 0) is 9.47 Å². The van der Waals surface area contributed by atoms with Crippen LogP contribution in [0.2, 0.25) is 0 Å². The number of methoxy groups -OCH3 is 1. The number of hydrogen-bond acceptors (Lipinski definition) is 4. The maximum absolute atomic E-state index is 10.1. The molecule has 2 fully saturated rings. The molecule has 116 valence electrons. The molecule has 0 aromatic carbocycles. The Hall–Kier alpha value is -0.420. The van der Waals surface area contributed by atoms with Crippen molar-refractivity contribution in [1.29, 1.82) is 0 Å². The lowest BCUT2D eigenvalue weighted by molar-refractivity contribution is -0.118. The monoisotopic (exact) mass is 284 g/mol. The Morgan fingerprint density at radius 1 is 1.35 bits per heavy atom. The van der Waals surface area contributed by atoms with Crippen molar-refractivity contribution in [2.45, 2.75) is 70.1 Å². The van der Waals surface area contributed by atoms with Crippen LogP contribution in [0.25, 0.3) is 0 Å². The molecule has 2 aliphatic rings. The minimum Gasteiger partial charge on any atom is -0.392 e. The molecule has 1 heterocycles. The van der Waals surface area contributed by atoms with Crippen LogP contribution in [0.5, 0.6) is 0 Å². The Labute approximate surface area is 121 Å². The van der Waals surface area contributed by atoms with E-state index >= 15 is 0 Å². The lowest BCUT2D eigenvalue weighted by Gasteiger charge is -2.17. The maximum Gasteiger partial charge on any atom is 0.157 e. The standard InChI is InChI=1S/C16H28O4/c1-3-4-5-6-11(17)7-8-12-13-9-16(19-2)20-15(13)10-14(12)18/h7-8,11-18H,3-6,9-10H2,1-2H3/b8-7+/t11-,12-,13+,14+,15-,16?/m0/s1. The van der Waals surface area contributed by atoms with Gasteiger partial charge in [-0.2, -0.15) is 0 Å². The van der Waals surface area contributed by atoms with Crippen molar-refractivity contribution in [3.8, 4) is 0 Å². The average Bonchev–Trinajstić information content (AvgIpc) is 2.93. The highest BCUT2D eigenvalue weighted by Crippen LogP contribution is 2.44. The molecule has 6 atom stereocenters. The first kappa shape index (κ1) is 16.0. The van der Waals surface area contributed by atoms with E-state index < -0.39 is 6.10 Å². The first-order chi connectivity index (χ1) is 9.65. The number of hydrogen-bond donors (Lipinski definition) is 2. The first-order valence-corrected chi connectivity index (χ1v) is 7.88. The summed E-state index contributed by atoms with van der Waals surface area (Å²) < 4.78 is 11.0. The van der Waals surface area contributed by atoms with Crippen LogP contribution in [0.3, 0.4) is 0 Å². The summed E-state index contributed by atoms with van der Waals surface area (Å²) >= 11 is 0. The molecular weight excluding hydrogens is 256 g/mol. The van der Waals surface area contributed by atoms with Gasteiger partial charge in [-0.3, -0.25) is 0 Å². The number of rotatable bonds is 7.